The van der Waals surface area contributed by atoms with Crippen LogP contribution in [0.25, 0.3) is 0 Å². The summed E-state index contributed by atoms with van der Waals surface area (Å²) in [6, 6.07) is 1.53. The Hall–Kier alpha value is 0.710. The molecule has 0 aromatic heterocycles. The molecule has 0 saturated carbocycles. The summed E-state index contributed by atoms with van der Waals surface area (Å²) in [7, 11) is 4.56. The minimum Gasteiger partial charge on any atom is -0.314 e. The van der Waals surface area contributed by atoms with Gasteiger partial charge in [0.1, 0.15) is 0 Å². The van der Waals surface area contributed by atoms with Crippen LogP contribution < -0.4 is 5.32 Å². The van der Waals surface area contributed by atoms with E-state index in [2.05, 4.69) is 41.0 Å². The molecule has 21 heavy (non-hydrogen) atoms. The van der Waals surface area contributed by atoms with Crippen molar-refractivity contribution in [3.8, 4) is 0 Å². The molecule has 0 aliphatic carbocycles. The highest BCUT2D eigenvalue weighted by molar-refractivity contribution is 5.86. The molecule has 130 valence electrons. The minimum absolute atomic E-state index is 0. The highest BCUT2D eigenvalue weighted by atomic mass is 35.5. The van der Waals surface area contributed by atoms with E-state index in [4.69, 9.17) is 0 Å². The summed E-state index contributed by atoms with van der Waals surface area (Å²) in [6.45, 7) is 10.8. The predicted octanol–water partition coefficient (Wildman–Crippen LogP) is 1.57. The van der Waals surface area contributed by atoms with Crippen molar-refractivity contribution in [1.82, 2.24) is 20.0 Å². The average Bonchev–Trinajstić information content (AvgIpc) is 2.40. The van der Waals surface area contributed by atoms with Crippen molar-refractivity contribution in [2.45, 2.75) is 31.8 Å². The lowest BCUT2D eigenvalue weighted by Gasteiger charge is -2.40. The number of nitrogens with one attached hydrogen (secondary N) is 1. The minimum atomic E-state index is 0. The molecule has 2 heterocycles. The Morgan fingerprint density at radius 1 is 1.10 bits per heavy atom. The Labute approximate surface area is 149 Å². The molecule has 2 atom stereocenters. The summed E-state index contributed by atoms with van der Waals surface area (Å²) in [4.78, 5) is 7.66. The number of halogens is 3. The first kappa shape index (κ1) is 24.0. The zero-order chi connectivity index (χ0) is 13.0. The smallest absolute Gasteiger partial charge is 0.0120 e. The molecule has 0 spiro atoms. The van der Waals surface area contributed by atoms with Gasteiger partial charge in [0.05, 0.1) is 0 Å². The molecule has 2 fully saturated rings. The van der Waals surface area contributed by atoms with Crippen molar-refractivity contribution in [1.29, 1.82) is 0 Å². The topological polar surface area (TPSA) is 21.8 Å². The SMILES string of the molecule is CC1CC(N(C)CCN2CCNCC2)CCN1C.Cl.Cl.Cl. The number of piperidine rings is 1. The summed E-state index contributed by atoms with van der Waals surface area (Å²) >= 11 is 0. The maximum atomic E-state index is 3.42. The summed E-state index contributed by atoms with van der Waals surface area (Å²) in [5.74, 6) is 0. The lowest BCUT2D eigenvalue weighted by Crippen LogP contribution is -2.50. The van der Waals surface area contributed by atoms with Crippen LogP contribution in [0, 0.1) is 0 Å². The van der Waals surface area contributed by atoms with Crippen molar-refractivity contribution in [3.63, 3.8) is 0 Å². The first-order chi connectivity index (χ1) is 8.66. The van der Waals surface area contributed by atoms with Gasteiger partial charge in [-0.15, -0.1) is 37.2 Å². The van der Waals surface area contributed by atoms with Crippen LogP contribution in [-0.2, 0) is 0 Å². The molecular weight excluding hydrogens is 331 g/mol. The summed E-state index contributed by atoms with van der Waals surface area (Å²) in [6.07, 6.45) is 2.66. The molecule has 2 unspecified atom stereocenters. The Morgan fingerprint density at radius 3 is 2.29 bits per heavy atom. The molecular formula is C14H33Cl3N4. The molecule has 2 saturated heterocycles. The van der Waals surface area contributed by atoms with Gasteiger partial charge in [-0.2, -0.15) is 0 Å². The highest BCUT2D eigenvalue weighted by Crippen LogP contribution is 2.19. The van der Waals surface area contributed by atoms with Gasteiger partial charge >= 0.3 is 0 Å². The van der Waals surface area contributed by atoms with Gasteiger partial charge in [-0.1, -0.05) is 0 Å². The Bertz CT molecular complexity index is 252. The number of nitrogens with zero attached hydrogens (tertiary/aromatic N) is 3. The number of piperazine rings is 1. The maximum Gasteiger partial charge on any atom is 0.0120 e. The molecule has 4 nitrogen and oxygen atoms in total. The summed E-state index contributed by atoms with van der Waals surface area (Å²) in [5.41, 5.74) is 0. The van der Waals surface area contributed by atoms with Crippen LogP contribution in [0.4, 0.5) is 0 Å². The van der Waals surface area contributed by atoms with Crippen molar-refractivity contribution < 1.29 is 0 Å². The van der Waals surface area contributed by atoms with E-state index in [9.17, 15) is 0 Å². The largest absolute Gasteiger partial charge is 0.314 e. The van der Waals surface area contributed by atoms with Gasteiger partial charge in [0.15, 0.2) is 0 Å². The summed E-state index contributed by atoms with van der Waals surface area (Å²) < 4.78 is 0. The van der Waals surface area contributed by atoms with Gasteiger partial charge < -0.3 is 15.1 Å². The van der Waals surface area contributed by atoms with Crippen LogP contribution >= 0.6 is 37.2 Å². The van der Waals surface area contributed by atoms with Crippen LogP contribution in [0.3, 0.4) is 0 Å². The van der Waals surface area contributed by atoms with Crippen LogP contribution in [-0.4, -0.2) is 86.7 Å². The lowest BCUT2D eigenvalue weighted by molar-refractivity contribution is 0.0946. The highest BCUT2D eigenvalue weighted by Gasteiger charge is 2.25. The third-order valence-corrected chi connectivity index (χ3v) is 4.78. The van der Waals surface area contributed by atoms with E-state index in [1.165, 1.54) is 45.6 Å². The lowest BCUT2D eigenvalue weighted by atomic mass is 9.98. The first-order valence-electron chi connectivity index (χ1n) is 7.50. The van der Waals surface area contributed by atoms with Gasteiger partial charge in [-0.25, -0.2) is 0 Å². The number of likely N-dealkylation sites (tertiary alicyclic amines) is 1. The summed E-state index contributed by atoms with van der Waals surface area (Å²) in [5, 5.41) is 3.42. The average molecular weight is 364 g/mol. The molecule has 0 aromatic carbocycles. The molecule has 0 amide bonds. The van der Waals surface area contributed by atoms with Gasteiger partial charge in [-0.05, 0) is 40.4 Å². The molecule has 2 aliphatic rings. The van der Waals surface area contributed by atoms with E-state index in [-0.39, 0.29) is 37.2 Å². The number of rotatable bonds is 4. The molecule has 0 bridgehead atoms. The van der Waals surface area contributed by atoms with Crippen molar-refractivity contribution in [2.75, 3.05) is 59.9 Å². The van der Waals surface area contributed by atoms with E-state index >= 15 is 0 Å². The number of hydrogen-bond acceptors (Lipinski definition) is 4. The molecule has 0 aromatic rings. The monoisotopic (exact) mass is 362 g/mol. The van der Waals surface area contributed by atoms with E-state index in [0.717, 1.165) is 25.2 Å². The fourth-order valence-corrected chi connectivity index (χ4v) is 3.08. The van der Waals surface area contributed by atoms with Crippen molar-refractivity contribution in [2.24, 2.45) is 0 Å². The Balaban J connectivity index is 0. The molecule has 7 heteroatoms. The number of hydrogen-bond donors (Lipinski definition) is 1. The van der Waals surface area contributed by atoms with Crippen molar-refractivity contribution in [3.05, 3.63) is 0 Å². The van der Waals surface area contributed by atoms with E-state index < -0.39 is 0 Å². The van der Waals surface area contributed by atoms with Gasteiger partial charge in [-0.3, -0.25) is 4.90 Å². The second-order valence-electron chi connectivity index (χ2n) is 6.08. The van der Waals surface area contributed by atoms with Gasteiger partial charge in [0.2, 0.25) is 0 Å². The standard InChI is InChI=1S/C14H30N4.3ClH/c1-13-12-14(4-7-16(13)2)17(3)10-11-18-8-5-15-6-9-18;;;/h13-15H,4-12H2,1-3H3;3*1H. The van der Waals surface area contributed by atoms with E-state index in [0.29, 0.717) is 0 Å². The quantitative estimate of drug-likeness (QED) is 0.818. The van der Waals surface area contributed by atoms with Crippen LogP contribution in [0.15, 0.2) is 0 Å². The second kappa shape index (κ2) is 12.2. The van der Waals surface area contributed by atoms with Gasteiger partial charge in [0.25, 0.3) is 0 Å². The fourth-order valence-electron chi connectivity index (χ4n) is 3.08. The van der Waals surface area contributed by atoms with Crippen molar-refractivity contribution >= 4 is 37.2 Å². The molecule has 2 aliphatic heterocycles. The normalized spacial score (nSPS) is 27.4. The van der Waals surface area contributed by atoms with Gasteiger partial charge in [0, 0.05) is 51.4 Å². The van der Waals surface area contributed by atoms with Crippen LogP contribution in [0.5, 0.6) is 0 Å². The zero-order valence-corrected chi connectivity index (χ0v) is 16.0. The molecule has 2 rings (SSSR count). The maximum absolute atomic E-state index is 3.42. The zero-order valence-electron chi connectivity index (χ0n) is 13.6. The fraction of sp³-hybridized carbons (Fsp3) is 1.00. The Kier molecular flexibility index (Phi) is 13.9. The Morgan fingerprint density at radius 2 is 1.71 bits per heavy atom. The third kappa shape index (κ3) is 7.69. The van der Waals surface area contributed by atoms with E-state index in [1.807, 2.05) is 0 Å². The third-order valence-electron chi connectivity index (χ3n) is 4.78. The van der Waals surface area contributed by atoms with Crippen LogP contribution in [0.2, 0.25) is 0 Å². The van der Waals surface area contributed by atoms with Crippen LogP contribution in [0.1, 0.15) is 19.8 Å². The molecule has 1 N–H and O–H groups in total. The second-order valence-corrected chi connectivity index (χ2v) is 6.08. The predicted molar refractivity (Wildman–Crippen MR) is 98.8 cm³/mol. The number of likely N-dealkylation sites (N-methyl/N-ethyl adjacent to an activating group) is 1. The first-order valence-corrected chi connectivity index (χ1v) is 7.50. The molecule has 0 radical (unpaired) electrons. The van der Waals surface area contributed by atoms with E-state index in [1.54, 1.807) is 0 Å².